The summed E-state index contributed by atoms with van der Waals surface area (Å²) in [6, 6.07) is 2.83. The molecule has 0 saturated carbocycles. The second-order valence-corrected chi connectivity index (χ2v) is 6.43. The number of benzene rings is 1. The zero-order chi connectivity index (χ0) is 15.7. The Morgan fingerprint density at radius 1 is 1.43 bits per heavy atom. The van der Waals surface area contributed by atoms with E-state index in [4.69, 9.17) is 10.8 Å². The van der Waals surface area contributed by atoms with Crippen molar-refractivity contribution in [3.8, 4) is 0 Å². The third kappa shape index (κ3) is 3.18. The second-order valence-electron chi connectivity index (χ2n) is 4.95. The topological polar surface area (TPSA) is 101 Å². The molecule has 3 N–H and O–H groups in total. The maximum Gasteiger partial charge on any atom is 0.335 e. The minimum absolute atomic E-state index is 0.0369. The van der Waals surface area contributed by atoms with Crippen LogP contribution in [0.2, 0.25) is 0 Å². The van der Waals surface area contributed by atoms with E-state index in [0.717, 1.165) is 11.8 Å². The molecular formula is C14H16N2O4S. The number of nitrogens with zero attached hydrogens (tertiary/aromatic N) is 1. The fourth-order valence-corrected chi connectivity index (χ4v) is 3.26. The summed E-state index contributed by atoms with van der Waals surface area (Å²) in [5.41, 5.74) is 7.38. The first-order valence-electron chi connectivity index (χ1n) is 6.40. The maximum atomic E-state index is 12.1. The van der Waals surface area contributed by atoms with Gasteiger partial charge in [-0.3, -0.25) is 9.59 Å². The van der Waals surface area contributed by atoms with Gasteiger partial charge in [-0.2, -0.15) is 0 Å². The molecular weight excluding hydrogens is 292 g/mol. The van der Waals surface area contributed by atoms with Crippen molar-refractivity contribution in [1.82, 2.24) is 0 Å². The smallest absolute Gasteiger partial charge is 0.335 e. The Balaban J connectivity index is 2.35. The van der Waals surface area contributed by atoms with Crippen LogP contribution in [0.3, 0.4) is 0 Å². The van der Waals surface area contributed by atoms with Crippen LogP contribution in [0.25, 0.3) is 0 Å². The molecule has 1 aliphatic rings. The number of rotatable bonds is 3. The number of nitrogens with two attached hydrogens (primary N) is 1. The molecule has 0 radical (unpaired) electrons. The van der Waals surface area contributed by atoms with E-state index in [-0.39, 0.29) is 28.3 Å². The van der Waals surface area contributed by atoms with Gasteiger partial charge in [0.05, 0.1) is 5.56 Å². The molecule has 1 atom stereocenters. The molecule has 1 aliphatic heterocycles. The lowest BCUT2D eigenvalue weighted by atomic mass is 10.1. The van der Waals surface area contributed by atoms with Crippen LogP contribution in [0.15, 0.2) is 12.1 Å². The first kappa shape index (κ1) is 15.4. The summed E-state index contributed by atoms with van der Waals surface area (Å²) in [5, 5.41) is 8.95. The van der Waals surface area contributed by atoms with Crippen LogP contribution >= 0.6 is 11.8 Å². The lowest BCUT2D eigenvalue weighted by Crippen LogP contribution is -2.26. The fraction of sp³-hybridized carbons (Fsp3) is 0.357. The van der Waals surface area contributed by atoms with Gasteiger partial charge in [-0.25, -0.2) is 4.79 Å². The zero-order valence-corrected chi connectivity index (χ0v) is 12.6. The highest BCUT2D eigenvalue weighted by Gasteiger charge is 2.33. The zero-order valence-electron chi connectivity index (χ0n) is 11.8. The Kier molecular flexibility index (Phi) is 4.22. The van der Waals surface area contributed by atoms with Crippen LogP contribution in [0.5, 0.6) is 0 Å². The van der Waals surface area contributed by atoms with Crippen molar-refractivity contribution in [3.05, 3.63) is 23.3 Å². The number of carboxylic acids is 1. The minimum atomic E-state index is -1.09. The largest absolute Gasteiger partial charge is 0.478 e. The lowest BCUT2D eigenvalue weighted by molar-refractivity contribution is -0.117. The van der Waals surface area contributed by atoms with Gasteiger partial charge in [0.15, 0.2) is 5.12 Å². The van der Waals surface area contributed by atoms with E-state index in [9.17, 15) is 14.4 Å². The summed E-state index contributed by atoms with van der Waals surface area (Å²) in [5.74, 6) is -1.22. The molecule has 1 fully saturated rings. The van der Waals surface area contributed by atoms with Gasteiger partial charge in [0.2, 0.25) is 5.91 Å². The van der Waals surface area contributed by atoms with Crippen LogP contribution in [-0.4, -0.2) is 33.9 Å². The average Bonchev–Trinajstić information content (AvgIpc) is 2.72. The average molecular weight is 308 g/mol. The van der Waals surface area contributed by atoms with Gasteiger partial charge >= 0.3 is 5.97 Å². The van der Waals surface area contributed by atoms with E-state index in [1.54, 1.807) is 6.92 Å². The number of aromatic carboxylic acids is 1. The van der Waals surface area contributed by atoms with E-state index in [0.29, 0.717) is 23.5 Å². The number of hydrogen-bond donors (Lipinski definition) is 2. The van der Waals surface area contributed by atoms with Crippen molar-refractivity contribution in [2.75, 3.05) is 17.2 Å². The highest BCUT2D eigenvalue weighted by molar-refractivity contribution is 8.14. The Morgan fingerprint density at radius 3 is 2.67 bits per heavy atom. The van der Waals surface area contributed by atoms with Crippen molar-refractivity contribution < 1.29 is 19.5 Å². The van der Waals surface area contributed by atoms with Crippen molar-refractivity contribution in [2.45, 2.75) is 25.5 Å². The van der Waals surface area contributed by atoms with Gasteiger partial charge in [0, 0.05) is 36.5 Å². The predicted octanol–water partition coefficient (Wildman–Crippen LogP) is 1.66. The molecule has 1 aromatic carbocycles. The van der Waals surface area contributed by atoms with Crippen LogP contribution in [0.4, 0.5) is 11.4 Å². The predicted molar refractivity (Wildman–Crippen MR) is 81.6 cm³/mol. The molecule has 0 aromatic heterocycles. The number of hydrogen-bond acceptors (Lipinski definition) is 5. The molecule has 7 heteroatoms. The highest BCUT2D eigenvalue weighted by Crippen LogP contribution is 2.33. The number of nitrogen functional groups attached to an aromatic ring is 1. The highest BCUT2D eigenvalue weighted by atomic mass is 32.2. The molecule has 2 rings (SSSR count). The molecule has 0 spiro atoms. The first-order valence-corrected chi connectivity index (χ1v) is 7.28. The van der Waals surface area contributed by atoms with Gasteiger partial charge in [-0.15, -0.1) is 0 Å². The standard InChI is InChI=1S/C14H16N2O4S/c1-7-11(15)3-9(14(19)20)4-12(7)16-6-10(5-13(16)18)21-8(2)17/h3-4,10H,5-6,15H2,1-2H3,(H,19,20). The van der Waals surface area contributed by atoms with Gasteiger partial charge < -0.3 is 15.7 Å². The molecule has 6 nitrogen and oxygen atoms in total. The number of carbonyl (C=O) groups is 3. The first-order chi connectivity index (χ1) is 9.79. The lowest BCUT2D eigenvalue weighted by Gasteiger charge is -2.20. The van der Waals surface area contributed by atoms with Gasteiger partial charge in [-0.1, -0.05) is 11.8 Å². The SMILES string of the molecule is CC(=O)SC1CC(=O)N(c2cc(C(=O)O)cc(N)c2C)C1. The van der Waals surface area contributed by atoms with E-state index < -0.39 is 5.97 Å². The normalized spacial score (nSPS) is 18.1. The molecule has 1 saturated heterocycles. The Morgan fingerprint density at radius 2 is 2.10 bits per heavy atom. The number of carbonyl (C=O) groups excluding carboxylic acids is 2. The summed E-state index contributed by atoms with van der Waals surface area (Å²) >= 11 is 1.14. The fourth-order valence-electron chi connectivity index (χ4n) is 2.35. The van der Waals surface area contributed by atoms with E-state index in [1.807, 2.05) is 0 Å². The summed E-state index contributed by atoms with van der Waals surface area (Å²) in [6.45, 7) is 3.59. The summed E-state index contributed by atoms with van der Waals surface area (Å²) in [7, 11) is 0. The maximum absolute atomic E-state index is 12.1. The summed E-state index contributed by atoms with van der Waals surface area (Å²) in [6.07, 6.45) is 0.265. The number of anilines is 2. The van der Waals surface area contributed by atoms with Crippen LogP contribution in [-0.2, 0) is 9.59 Å². The van der Waals surface area contributed by atoms with Crippen LogP contribution < -0.4 is 10.6 Å². The van der Waals surface area contributed by atoms with Crippen molar-refractivity contribution >= 4 is 40.1 Å². The van der Waals surface area contributed by atoms with Crippen LogP contribution in [0.1, 0.15) is 29.3 Å². The number of carboxylic acid groups (broad SMARTS) is 1. The Labute approximate surface area is 126 Å². The molecule has 1 aromatic rings. The molecule has 0 bridgehead atoms. The number of amides is 1. The van der Waals surface area contributed by atoms with Gasteiger partial charge in [0.1, 0.15) is 0 Å². The Bertz CT molecular complexity index is 630. The molecule has 1 amide bonds. The van der Waals surface area contributed by atoms with Crippen molar-refractivity contribution in [2.24, 2.45) is 0 Å². The molecule has 1 heterocycles. The van der Waals surface area contributed by atoms with E-state index >= 15 is 0 Å². The summed E-state index contributed by atoms with van der Waals surface area (Å²) < 4.78 is 0. The van der Waals surface area contributed by atoms with Crippen LogP contribution in [0, 0.1) is 6.92 Å². The quantitative estimate of drug-likeness (QED) is 0.824. The van der Waals surface area contributed by atoms with Crippen molar-refractivity contribution in [3.63, 3.8) is 0 Å². The third-order valence-electron chi connectivity index (χ3n) is 3.38. The molecule has 0 aliphatic carbocycles. The molecule has 1 unspecified atom stereocenters. The van der Waals surface area contributed by atoms with Gasteiger partial charge in [0.25, 0.3) is 0 Å². The van der Waals surface area contributed by atoms with Crippen molar-refractivity contribution in [1.29, 1.82) is 0 Å². The van der Waals surface area contributed by atoms with Gasteiger partial charge in [-0.05, 0) is 24.6 Å². The molecule has 112 valence electrons. The molecule has 21 heavy (non-hydrogen) atoms. The van der Waals surface area contributed by atoms with E-state index in [1.165, 1.54) is 24.0 Å². The number of thioether (sulfide) groups is 1. The Hall–Kier alpha value is -2.02. The minimum Gasteiger partial charge on any atom is -0.478 e. The summed E-state index contributed by atoms with van der Waals surface area (Å²) in [4.78, 5) is 35.9. The third-order valence-corrected chi connectivity index (χ3v) is 4.36. The monoisotopic (exact) mass is 308 g/mol. The van der Waals surface area contributed by atoms with E-state index in [2.05, 4.69) is 0 Å². The second kappa shape index (κ2) is 5.77.